The molecule has 1 heterocycles. The summed E-state index contributed by atoms with van der Waals surface area (Å²) in [7, 11) is 0. The minimum Gasteiger partial charge on any atom is -0.388 e. The lowest BCUT2D eigenvalue weighted by Crippen LogP contribution is -2.57. The van der Waals surface area contributed by atoms with Crippen molar-refractivity contribution in [1.82, 2.24) is 0 Å². The third-order valence-corrected chi connectivity index (χ3v) is 2.29. The average Bonchev–Trinajstić information content (AvgIpc) is 2.15. The van der Waals surface area contributed by atoms with E-state index in [4.69, 9.17) is 4.74 Å². The molecule has 1 aliphatic rings. The highest BCUT2D eigenvalue weighted by atomic mass is 16.5. The third kappa shape index (κ3) is 1.88. The summed E-state index contributed by atoms with van der Waals surface area (Å²) < 4.78 is 5.05. The molecule has 0 aromatic carbocycles. The molecule has 0 aromatic heterocycles. The van der Waals surface area contributed by atoms with Gasteiger partial charge in [0.2, 0.25) is 0 Å². The lowest BCUT2D eigenvalue weighted by atomic mass is 9.94. The molecule has 1 fully saturated rings. The molecule has 0 spiro atoms. The summed E-state index contributed by atoms with van der Waals surface area (Å²) >= 11 is 0. The zero-order chi connectivity index (χ0) is 10.0. The summed E-state index contributed by atoms with van der Waals surface area (Å²) in [6.45, 7) is 1.76. The molecule has 3 N–H and O–H groups in total. The van der Waals surface area contributed by atoms with E-state index in [0.29, 0.717) is 12.7 Å². The lowest BCUT2D eigenvalue weighted by Gasteiger charge is -2.38. The molecule has 76 valence electrons. The Kier molecular flexibility index (Phi) is 3.38. The second-order valence-electron chi connectivity index (χ2n) is 3.16. The second-order valence-corrected chi connectivity index (χ2v) is 3.16. The molecule has 0 aliphatic carbocycles. The first-order chi connectivity index (χ1) is 6.11. The number of carbonyl (C=O) groups excluding carboxylic acids is 1. The molecule has 5 heteroatoms. The third-order valence-electron chi connectivity index (χ3n) is 2.29. The van der Waals surface area contributed by atoms with Crippen molar-refractivity contribution >= 4 is 6.29 Å². The van der Waals surface area contributed by atoms with Gasteiger partial charge in [0.1, 0.15) is 24.4 Å². The summed E-state index contributed by atoms with van der Waals surface area (Å²) in [5, 5.41) is 27.9. The van der Waals surface area contributed by atoms with Crippen molar-refractivity contribution in [2.45, 2.75) is 43.9 Å². The molecule has 13 heavy (non-hydrogen) atoms. The lowest BCUT2D eigenvalue weighted by molar-refractivity contribution is -0.215. The maximum atomic E-state index is 10.4. The van der Waals surface area contributed by atoms with Crippen molar-refractivity contribution in [3.05, 3.63) is 0 Å². The van der Waals surface area contributed by atoms with Gasteiger partial charge in [0.05, 0.1) is 6.10 Å². The summed E-state index contributed by atoms with van der Waals surface area (Å²) in [6.07, 6.45) is -4.49. The van der Waals surface area contributed by atoms with Crippen LogP contribution in [0.4, 0.5) is 0 Å². The maximum absolute atomic E-state index is 10.4. The molecule has 0 amide bonds. The molecule has 1 aliphatic heterocycles. The smallest absolute Gasteiger partial charge is 0.151 e. The van der Waals surface area contributed by atoms with Gasteiger partial charge in [0.25, 0.3) is 0 Å². The zero-order valence-electron chi connectivity index (χ0n) is 7.33. The van der Waals surface area contributed by atoms with Gasteiger partial charge < -0.3 is 24.9 Å². The van der Waals surface area contributed by atoms with Crippen LogP contribution in [0.1, 0.15) is 13.3 Å². The van der Waals surface area contributed by atoms with Crippen LogP contribution < -0.4 is 0 Å². The molecule has 5 unspecified atom stereocenters. The van der Waals surface area contributed by atoms with Crippen molar-refractivity contribution in [1.29, 1.82) is 0 Å². The minimum absolute atomic E-state index is 0.433. The Balaban J connectivity index is 2.71. The Hall–Kier alpha value is -0.490. The van der Waals surface area contributed by atoms with Gasteiger partial charge in [0, 0.05) is 0 Å². The standard InChI is InChI=1S/C8H14O5/c1-2-4-6(10)8(12)7(11)5(3-9)13-4/h3-8,10-12H,2H2,1H3. The van der Waals surface area contributed by atoms with Crippen LogP contribution in [0.3, 0.4) is 0 Å². The molecular formula is C8H14O5. The number of aldehydes is 1. The van der Waals surface area contributed by atoms with Crippen LogP contribution in [0.2, 0.25) is 0 Å². The van der Waals surface area contributed by atoms with E-state index < -0.39 is 30.5 Å². The minimum atomic E-state index is -1.34. The largest absolute Gasteiger partial charge is 0.388 e. The highest BCUT2D eigenvalue weighted by Crippen LogP contribution is 2.21. The van der Waals surface area contributed by atoms with Gasteiger partial charge in [-0.25, -0.2) is 0 Å². The van der Waals surface area contributed by atoms with E-state index in [0.717, 1.165) is 0 Å². The van der Waals surface area contributed by atoms with E-state index in [9.17, 15) is 20.1 Å². The maximum Gasteiger partial charge on any atom is 0.151 e. The predicted molar refractivity (Wildman–Crippen MR) is 43.0 cm³/mol. The zero-order valence-corrected chi connectivity index (χ0v) is 7.33. The Morgan fingerprint density at radius 3 is 2.31 bits per heavy atom. The molecule has 0 radical (unpaired) electrons. The van der Waals surface area contributed by atoms with Crippen LogP contribution in [0.15, 0.2) is 0 Å². The first-order valence-electron chi connectivity index (χ1n) is 4.26. The number of aliphatic hydroxyl groups excluding tert-OH is 3. The van der Waals surface area contributed by atoms with Gasteiger partial charge >= 0.3 is 0 Å². The number of hydrogen-bond donors (Lipinski definition) is 3. The topological polar surface area (TPSA) is 87.0 Å². The second kappa shape index (κ2) is 4.15. The van der Waals surface area contributed by atoms with Crippen molar-refractivity contribution in [2.75, 3.05) is 0 Å². The number of hydrogen-bond acceptors (Lipinski definition) is 5. The molecule has 0 saturated carbocycles. The van der Waals surface area contributed by atoms with Crippen LogP contribution in [-0.2, 0) is 9.53 Å². The molecule has 0 aromatic rings. The van der Waals surface area contributed by atoms with E-state index in [1.807, 2.05) is 0 Å². The predicted octanol–water partition coefficient (Wildman–Crippen LogP) is -1.55. The van der Waals surface area contributed by atoms with Crippen LogP contribution >= 0.6 is 0 Å². The van der Waals surface area contributed by atoms with E-state index in [2.05, 4.69) is 0 Å². The van der Waals surface area contributed by atoms with E-state index in [1.165, 1.54) is 0 Å². The molecule has 5 atom stereocenters. The summed E-state index contributed by atoms with van der Waals surface area (Å²) in [4.78, 5) is 10.4. The first kappa shape index (κ1) is 10.6. The fourth-order valence-electron chi connectivity index (χ4n) is 1.43. The number of ether oxygens (including phenoxy) is 1. The highest BCUT2D eigenvalue weighted by Gasteiger charge is 2.42. The normalized spacial score (nSPS) is 46.0. The van der Waals surface area contributed by atoms with Gasteiger partial charge in [-0.1, -0.05) is 6.92 Å². The van der Waals surface area contributed by atoms with Crippen LogP contribution in [0.5, 0.6) is 0 Å². The molecular weight excluding hydrogens is 176 g/mol. The fraction of sp³-hybridized carbons (Fsp3) is 0.875. The molecule has 1 saturated heterocycles. The van der Waals surface area contributed by atoms with Gasteiger partial charge in [-0.3, -0.25) is 0 Å². The summed E-state index contributed by atoms with van der Waals surface area (Å²) in [5.74, 6) is 0. The average molecular weight is 190 g/mol. The van der Waals surface area contributed by atoms with Crippen molar-refractivity contribution in [3.63, 3.8) is 0 Å². The van der Waals surface area contributed by atoms with Crippen LogP contribution in [0, 0.1) is 0 Å². The number of aliphatic hydroxyl groups is 3. The number of rotatable bonds is 2. The molecule has 1 rings (SSSR count). The van der Waals surface area contributed by atoms with Gasteiger partial charge in [-0.2, -0.15) is 0 Å². The summed E-state index contributed by atoms with van der Waals surface area (Å²) in [5.41, 5.74) is 0. The number of carbonyl (C=O) groups is 1. The Bertz CT molecular complexity index is 181. The Morgan fingerprint density at radius 1 is 1.23 bits per heavy atom. The molecule has 0 bridgehead atoms. The SMILES string of the molecule is CCC1OC(C=O)C(O)C(O)C1O. The van der Waals surface area contributed by atoms with Gasteiger partial charge in [-0.15, -0.1) is 0 Å². The quantitative estimate of drug-likeness (QED) is 0.459. The van der Waals surface area contributed by atoms with Crippen molar-refractivity contribution in [2.24, 2.45) is 0 Å². The van der Waals surface area contributed by atoms with Crippen molar-refractivity contribution < 1.29 is 24.9 Å². The van der Waals surface area contributed by atoms with Gasteiger partial charge in [0.15, 0.2) is 6.29 Å². The highest BCUT2D eigenvalue weighted by molar-refractivity contribution is 5.57. The molecule has 5 nitrogen and oxygen atoms in total. The Labute approximate surface area is 75.9 Å². The van der Waals surface area contributed by atoms with Crippen molar-refractivity contribution in [3.8, 4) is 0 Å². The van der Waals surface area contributed by atoms with E-state index >= 15 is 0 Å². The fourth-order valence-corrected chi connectivity index (χ4v) is 1.43. The van der Waals surface area contributed by atoms with E-state index in [-0.39, 0.29) is 0 Å². The van der Waals surface area contributed by atoms with E-state index in [1.54, 1.807) is 6.92 Å². The van der Waals surface area contributed by atoms with Gasteiger partial charge in [-0.05, 0) is 6.42 Å². The summed E-state index contributed by atoms with van der Waals surface area (Å²) in [6, 6.07) is 0. The van der Waals surface area contributed by atoms with Crippen LogP contribution in [-0.4, -0.2) is 52.1 Å². The van der Waals surface area contributed by atoms with Crippen LogP contribution in [0.25, 0.3) is 0 Å². The monoisotopic (exact) mass is 190 g/mol. The first-order valence-corrected chi connectivity index (χ1v) is 4.26. The Morgan fingerprint density at radius 2 is 1.85 bits per heavy atom.